The number of carbonyl (C=O) groups excluding carboxylic acids is 1. The summed E-state index contributed by atoms with van der Waals surface area (Å²) in [6.45, 7) is 0. The van der Waals surface area contributed by atoms with Crippen molar-refractivity contribution in [2.75, 3.05) is 0 Å². The molecule has 6 nitrogen and oxygen atoms in total. The Morgan fingerprint density at radius 3 is 2.92 bits per heavy atom. The van der Waals surface area contributed by atoms with E-state index in [2.05, 4.69) is 4.98 Å². The number of rotatable bonds is 2. The topological polar surface area (TPSA) is 74.9 Å². The van der Waals surface area contributed by atoms with E-state index < -0.39 is 5.97 Å². The van der Waals surface area contributed by atoms with E-state index in [-0.39, 0.29) is 17.0 Å². The average molecular weight is 349 g/mol. The van der Waals surface area contributed by atoms with Crippen molar-refractivity contribution < 1.29 is 14.7 Å². The van der Waals surface area contributed by atoms with Crippen LogP contribution in [0.3, 0.4) is 0 Å². The van der Waals surface area contributed by atoms with Gasteiger partial charge in [-0.15, -0.1) is 11.8 Å². The molecule has 25 heavy (non-hydrogen) atoms. The van der Waals surface area contributed by atoms with Gasteiger partial charge in [-0.25, -0.2) is 9.78 Å². The molecule has 2 aliphatic rings. The maximum Gasteiger partial charge on any atom is 0.353 e. The number of carboxylic acids is 1. The molecular formula is C18H11N3O3S. The highest BCUT2D eigenvalue weighted by Gasteiger charge is 2.49. The van der Waals surface area contributed by atoms with Crippen LogP contribution in [0.2, 0.25) is 0 Å². The maximum absolute atomic E-state index is 12.3. The SMILES string of the molecule is O=C(O)C1=CS[C@@H]2/C(=C\c3cn4c(ccc5ccccc54)n3)C(=O)N12. The molecule has 0 bridgehead atoms. The van der Waals surface area contributed by atoms with E-state index in [0.29, 0.717) is 11.3 Å². The van der Waals surface area contributed by atoms with Crippen LogP contribution in [0.4, 0.5) is 0 Å². The Kier molecular flexibility index (Phi) is 2.84. The Bertz CT molecular complexity index is 1140. The fourth-order valence-corrected chi connectivity index (χ4v) is 4.35. The third-order valence-corrected chi connectivity index (χ3v) is 5.50. The first-order valence-electron chi connectivity index (χ1n) is 7.64. The van der Waals surface area contributed by atoms with Gasteiger partial charge in [-0.05, 0) is 29.7 Å². The van der Waals surface area contributed by atoms with Gasteiger partial charge in [-0.3, -0.25) is 14.1 Å². The predicted molar refractivity (Wildman–Crippen MR) is 94.6 cm³/mol. The summed E-state index contributed by atoms with van der Waals surface area (Å²) in [4.78, 5) is 29.3. The number of thioether (sulfide) groups is 1. The Morgan fingerprint density at radius 1 is 1.24 bits per heavy atom. The number of hydrogen-bond acceptors (Lipinski definition) is 4. The molecule has 4 heterocycles. The van der Waals surface area contributed by atoms with Gasteiger partial charge in [0.15, 0.2) is 0 Å². The second-order valence-corrected chi connectivity index (χ2v) is 6.81. The van der Waals surface area contributed by atoms with Crippen LogP contribution >= 0.6 is 11.8 Å². The van der Waals surface area contributed by atoms with Gasteiger partial charge in [-0.1, -0.05) is 18.2 Å². The van der Waals surface area contributed by atoms with Crippen LogP contribution < -0.4 is 0 Å². The van der Waals surface area contributed by atoms with Crippen LogP contribution in [-0.4, -0.2) is 36.6 Å². The van der Waals surface area contributed by atoms with Crippen LogP contribution in [0.15, 0.2) is 59.3 Å². The van der Waals surface area contributed by atoms with Crippen molar-refractivity contribution >= 4 is 46.3 Å². The van der Waals surface area contributed by atoms with Crippen LogP contribution in [0.1, 0.15) is 5.69 Å². The van der Waals surface area contributed by atoms with Gasteiger partial charge >= 0.3 is 5.97 Å². The fourth-order valence-electron chi connectivity index (χ4n) is 3.23. The number of imidazole rings is 1. The van der Waals surface area contributed by atoms with E-state index in [9.17, 15) is 9.59 Å². The lowest BCUT2D eigenvalue weighted by atomic mass is 10.0. The summed E-state index contributed by atoms with van der Waals surface area (Å²) >= 11 is 1.33. The molecule has 0 aliphatic carbocycles. The largest absolute Gasteiger partial charge is 0.477 e. The first kappa shape index (κ1) is 14.3. The molecule has 0 saturated carbocycles. The number of hydrogen-bond donors (Lipinski definition) is 1. The number of fused-ring (bicyclic) bond motifs is 4. The lowest BCUT2D eigenvalue weighted by Gasteiger charge is -2.36. The van der Waals surface area contributed by atoms with Gasteiger partial charge in [0.05, 0.1) is 16.8 Å². The standard InChI is InChI=1S/C18H11N3O3S/c22-16-12(17-21(16)14(9-25-17)18(23)24)7-11-8-20-13-4-2-1-3-10(13)5-6-15(20)19-11/h1-9,17H,(H,23,24)/b12-7-/t17-/m1/s1. The molecular weight excluding hydrogens is 338 g/mol. The van der Waals surface area contributed by atoms with Gasteiger partial charge < -0.3 is 5.11 Å². The first-order chi connectivity index (χ1) is 12.1. The van der Waals surface area contributed by atoms with Crippen molar-refractivity contribution in [1.29, 1.82) is 0 Å². The third-order valence-electron chi connectivity index (χ3n) is 4.42. The number of pyridine rings is 1. The number of carbonyl (C=O) groups is 2. The number of aromatic nitrogens is 2. The van der Waals surface area contributed by atoms with Gasteiger partial charge in [0.1, 0.15) is 16.7 Å². The maximum atomic E-state index is 12.3. The Balaban J connectivity index is 1.55. The highest BCUT2D eigenvalue weighted by Crippen LogP contribution is 2.45. The summed E-state index contributed by atoms with van der Waals surface area (Å²) in [7, 11) is 0. The summed E-state index contributed by atoms with van der Waals surface area (Å²) in [5, 5.41) is 11.5. The van der Waals surface area contributed by atoms with Crippen LogP contribution in [0.5, 0.6) is 0 Å². The van der Waals surface area contributed by atoms with Crippen molar-refractivity contribution in [3.63, 3.8) is 0 Å². The van der Waals surface area contributed by atoms with Gasteiger partial charge in [-0.2, -0.15) is 0 Å². The highest BCUT2D eigenvalue weighted by molar-refractivity contribution is 8.03. The molecule has 1 atom stereocenters. The number of benzene rings is 1. The third kappa shape index (κ3) is 1.96. The zero-order chi connectivity index (χ0) is 17.1. The van der Waals surface area contributed by atoms with Gasteiger partial charge in [0.2, 0.25) is 0 Å². The van der Waals surface area contributed by atoms with Crippen LogP contribution in [0.25, 0.3) is 22.6 Å². The minimum atomic E-state index is -1.08. The van der Waals surface area contributed by atoms with Gasteiger partial charge in [0.25, 0.3) is 5.91 Å². The molecule has 1 amide bonds. The lowest BCUT2D eigenvalue weighted by molar-refractivity contribution is -0.141. The minimum Gasteiger partial charge on any atom is -0.477 e. The van der Waals surface area contributed by atoms with E-state index in [4.69, 9.17) is 5.11 Å². The average Bonchev–Trinajstić information content (AvgIpc) is 3.21. The monoisotopic (exact) mass is 349 g/mol. The van der Waals surface area contributed by atoms with Crippen LogP contribution in [0, 0.1) is 0 Å². The summed E-state index contributed by atoms with van der Waals surface area (Å²) in [5.74, 6) is -1.35. The molecule has 0 unspecified atom stereocenters. The highest BCUT2D eigenvalue weighted by atomic mass is 32.2. The van der Waals surface area contributed by atoms with E-state index in [1.54, 1.807) is 6.08 Å². The van der Waals surface area contributed by atoms with Gasteiger partial charge in [0, 0.05) is 11.6 Å². The number of β-lactam (4-membered cyclic amide) rings is 1. The molecule has 2 aliphatic heterocycles. The molecule has 0 spiro atoms. The van der Waals surface area contributed by atoms with E-state index >= 15 is 0 Å². The summed E-state index contributed by atoms with van der Waals surface area (Å²) in [6, 6.07) is 12.0. The zero-order valence-electron chi connectivity index (χ0n) is 12.8. The van der Waals surface area contributed by atoms with E-state index in [1.807, 2.05) is 47.0 Å². The number of amides is 1. The number of nitrogens with zero attached hydrogens (tertiary/aromatic N) is 3. The number of para-hydroxylation sites is 1. The Hall–Kier alpha value is -3.06. The predicted octanol–water partition coefficient (Wildman–Crippen LogP) is 2.71. The van der Waals surface area contributed by atoms with E-state index in [1.165, 1.54) is 22.1 Å². The van der Waals surface area contributed by atoms with E-state index in [0.717, 1.165) is 16.6 Å². The second kappa shape index (κ2) is 4.97. The molecule has 1 saturated heterocycles. The fraction of sp³-hybridized carbons (Fsp3) is 0.0556. The first-order valence-corrected chi connectivity index (χ1v) is 8.59. The number of aliphatic carboxylic acids is 1. The normalized spacial score (nSPS) is 20.9. The lowest BCUT2D eigenvalue weighted by Crippen LogP contribution is -2.51. The molecule has 122 valence electrons. The quantitative estimate of drug-likeness (QED) is 0.569. The second-order valence-electron chi connectivity index (χ2n) is 5.86. The molecule has 1 N–H and O–H groups in total. The van der Waals surface area contributed by atoms with Crippen molar-refractivity contribution in [3.8, 4) is 0 Å². The molecule has 1 aromatic carbocycles. The minimum absolute atomic E-state index is 0.0399. The molecule has 7 heteroatoms. The molecule has 5 rings (SSSR count). The summed E-state index contributed by atoms with van der Waals surface area (Å²) in [6.07, 6.45) is 3.64. The Morgan fingerprint density at radius 2 is 2.08 bits per heavy atom. The van der Waals surface area contributed by atoms with Crippen molar-refractivity contribution in [2.24, 2.45) is 0 Å². The summed E-state index contributed by atoms with van der Waals surface area (Å²) in [5.41, 5.74) is 3.15. The molecule has 3 aromatic rings. The Labute approximate surface area is 146 Å². The van der Waals surface area contributed by atoms with Crippen LogP contribution in [-0.2, 0) is 9.59 Å². The summed E-state index contributed by atoms with van der Waals surface area (Å²) < 4.78 is 1.99. The zero-order valence-corrected chi connectivity index (χ0v) is 13.6. The van der Waals surface area contributed by atoms with Crippen molar-refractivity contribution in [2.45, 2.75) is 5.37 Å². The smallest absolute Gasteiger partial charge is 0.353 e. The van der Waals surface area contributed by atoms with Crippen molar-refractivity contribution in [1.82, 2.24) is 14.3 Å². The van der Waals surface area contributed by atoms with Crippen molar-refractivity contribution in [3.05, 3.63) is 65.0 Å². The molecule has 1 fully saturated rings. The number of carboxylic acid groups (broad SMARTS) is 1. The molecule has 2 aromatic heterocycles. The molecule has 0 radical (unpaired) electrons.